The molecule has 0 aromatic heterocycles. The molecule has 1 aromatic carbocycles. The first-order chi connectivity index (χ1) is 8.94. The van der Waals surface area contributed by atoms with E-state index in [1.165, 1.54) is 18.4 Å². The molecule has 19 heavy (non-hydrogen) atoms. The molecule has 1 saturated carbocycles. The molecule has 0 spiro atoms. The third-order valence-electron chi connectivity index (χ3n) is 4.32. The van der Waals surface area contributed by atoms with Crippen LogP contribution in [0, 0.1) is 0 Å². The summed E-state index contributed by atoms with van der Waals surface area (Å²) in [7, 11) is 2.12. The van der Waals surface area contributed by atoms with Gasteiger partial charge in [-0.1, -0.05) is 24.6 Å². The highest BCUT2D eigenvalue weighted by Crippen LogP contribution is 2.32. The van der Waals surface area contributed by atoms with Crippen LogP contribution < -0.4 is 10.2 Å². The first-order valence-electron chi connectivity index (χ1n) is 7.19. The van der Waals surface area contributed by atoms with Crippen LogP contribution in [0.5, 0.6) is 0 Å². The first-order valence-corrected chi connectivity index (χ1v) is 7.57. The predicted molar refractivity (Wildman–Crippen MR) is 84.1 cm³/mol. The van der Waals surface area contributed by atoms with Crippen LogP contribution in [0.4, 0.5) is 5.69 Å². The second kappa shape index (κ2) is 5.72. The number of halogens is 1. The Kier molecular flexibility index (Phi) is 4.42. The number of nitrogens with zero attached hydrogens (tertiary/aromatic N) is 1. The molecule has 1 aromatic rings. The highest BCUT2D eigenvalue weighted by Gasteiger charge is 2.23. The third-order valence-corrected chi connectivity index (χ3v) is 4.62. The molecular formula is C16H25ClN2. The Morgan fingerprint density at radius 2 is 2.05 bits per heavy atom. The van der Waals surface area contributed by atoms with Crippen LogP contribution >= 0.6 is 11.6 Å². The Morgan fingerprint density at radius 3 is 2.58 bits per heavy atom. The van der Waals surface area contributed by atoms with Gasteiger partial charge in [0.05, 0.1) is 10.7 Å². The second-order valence-electron chi connectivity index (χ2n) is 6.17. The SMILES string of the molecule is CCC(C)(C)N(C)c1ccc(CNC2CC2)cc1Cl. The van der Waals surface area contributed by atoms with Gasteiger partial charge in [-0.05, 0) is 50.8 Å². The predicted octanol–water partition coefficient (Wildman–Crippen LogP) is 4.22. The second-order valence-corrected chi connectivity index (χ2v) is 6.57. The maximum Gasteiger partial charge on any atom is 0.0642 e. The molecule has 0 bridgehead atoms. The molecule has 0 atom stereocenters. The van der Waals surface area contributed by atoms with Crippen LogP contribution in [0.3, 0.4) is 0 Å². The monoisotopic (exact) mass is 280 g/mol. The number of anilines is 1. The summed E-state index contributed by atoms with van der Waals surface area (Å²) >= 11 is 6.45. The Morgan fingerprint density at radius 1 is 1.37 bits per heavy atom. The van der Waals surface area contributed by atoms with Gasteiger partial charge in [0.2, 0.25) is 0 Å². The van der Waals surface area contributed by atoms with Crippen molar-refractivity contribution in [3.05, 3.63) is 28.8 Å². The lowest BCUT2D eigenvalue weighted by Gasteiger charge is -2.37. The molecule has 106 valence electrons. The van der Waals surface area contributed by atoms with Gasteiger partial charge in [-0.25, -0.2) is 0 Å². The van der Waals surface area contributed by atoms with Crippen LogP contribution in [-0.4, -0.2) is 18.6 Å². The summed E-state index contributed by atoms with van der Waals surface area (Å²) in [5, 5.41) is 4.36. The normalized spacial score (nSPS) is 15.6. The molecule has 0 unspecified atom stereocenters. The lowest BCUT2D eigenvalue weighted by atomic mass is 9.99. The van der Waals surface area contributed by atoms with E-state index >= 15 is 0 Å². The molecule has 0 amide bonds. The molecule has 1 fully saturated rings. The van der Waals surface area contributed by atoms with E-state index in [9.17, 15) is 0 Å². The van der Waals surface area contributed by atoms with E-state index in [1.54, 1.807) is 0 Å². The maximum absolute atomic E-state index is 6.45. The zero-order valence-corrected chi connectivity index (χ0v) is 13.2. The Bertz CT molecular complexity index is 438. The molecule has 0 saturated heterocycles. The zero-order valence-electron chi connectivity index (χ0n) is 12.5. The molecule has 2 rings (SSSR count). The molecular weight excluding hydrogens is 256 g/mol. The fourth-order valence-electron chi connectivity index (χ4n) is 2.05. The molecule has 0 heterocycles. The third kappa shape index (κ3) is 3.64. The average molecular weight is 281 g/mol. The Hall–Kier alpha value is -0.730. The van der Waals surface area contributed by atoms with Gasteiger partial charge in [0.15, 0.2) is 0 Å². The molecule has 1 aliphatic carbocycles. The van der Waals surface area contributed by atoms with Crippen LogP contribution in [0.1, 0.15) is 45.6 Å². The van der Waals surface area contributed by atoms with E-state index in [2.05, 4.69) is 56.2 Å². The van der Waals surface area contributed by atoms with Crippen molar-refractivity contribution >= 4 is 17.3 Å². The van der Waals surface area contributed by atoms with Gasteiger partial charge in [-0.2, -0.15) is 0 Å². The summed E-state index contributed by atoms with van der Waals surface area (Å²) in [5.41, 5.74) is 2.50. The van der Waals surface area contributed by atoms with Gasteiger partial charge in [-0.3, -0.25) is 0 Å². The topological polar surface area (TPSA) is 15.3 Å². The molecule has 1 aliphatic rings. The van der Waals surface area contributed by atoms with Crippen molar-refractivity contribution in [3.63, 3.8) is 0 Å². The van der Waals surface area contributed by atoms with Crippen molar-refractivity contribution in [1.29, 1.82) is 0 Å². The van der Waals surface area contributed by atoms with E-state index in [0.717, 1.165) is 29.7 Å². The van der Waals surface area contributed by atoms with Gasteiger partial charge >= 0.3 is 0 Å². The maximum atomic E-state index is 6.45. The van der Waals surface area contributed by atoms with Crippen molar-refractivity contribution in [2.24, 2.45) is 0 Å². The standard InChI is InChI=1S/C16H25ClN2/c1-5-16(2,3)19(4)15-9-6-12(10-14(15)17)11-18-13-7-8-13/h6,9-10,13,18H,5,7-8,11H2,1-4H3. The number of nitrogens with one attached hydrogen (secondary N) is 1. The average Bonchev–Trinajstić information content (AvgIpc) is 3.19. The van der Waals surface area contributed by atoms with Crippen molar-refractivity contribution in [2.45, 2.75) is 58.2 Å². The van der Waals surface area contributed by atoms with E-state index in [0.29, 0.717) is 0 Å². The van der Waals surface area contributed by atoms with Crippen molar-refractivity contribution in [1.82, 2.24) is 5.32 Å². The van der Waals surface area contributed by atoms with Crippen LogP contribution in [0.25, 0.3) is 0 Å². The minimum absolute atomic E-state index is 0.122. The molecule has 3 heteroatoms. The van der Waals surface area contributed by atoms with Gasteiger partial charge in [0.25, 0.3) is 0 Å². The zero-order chi connectivity index (χ0) is 14.0. The van der Waals surface area contributed by atoms with Crippen molar-refractivity contribution < 1.29 is 0 Å². The van der Waals surface area contributed by atoms with Gasteiger partial charge in [-0.15, -0.1) is 0 Å². The highest BCUT2D eigenvalue weighted by molar-refractivity contribution is 6.33. The molecule has 1 N–H and O–H groups in total. The quantitative estimate of drug-likeness (QED) is 0.839. The molecule has 0 aliphatic heterocycles. The smallest absolute Gasteiger partial charge is 0.0642 e. The fraction of sp³-hybridized carbons (Fsp3) is 0.625. The summed E-state index contributed by atoms with van der Waals surface area (Å²) in [4.78, 5) is 2.27. The number of benzene rings is 1. The number of hydrogen-bond donors (Lipinski definition) is 1. The van der Waals surface area contributed by atoms with Gasteiger partial charge in [0.1, 0.15) is 0 Å². The lowest BCUT2D eigenvalue weighted by Crippen LogP contribution is -2.40. The first kappa shape index (κ1) is 14.7. The number of hydrogen-bond acceptors (Lipinski definition) is 2. The number of rotatable bonds is 6. The van der Waals surface area contributed by atoms with Crippen LogP contribution in [-0.2, 0) is 6.54 Å². The van der Waals surface area contributed by atoms with E-state index < -0.39 is 0 Å². The summed E-state index contributed by atoms with van der Waals surface area (Å²) in [6.45, 7) is 7.61. The minimum Gasteiger partial charge on any atom is -0.368 e. The highest BCUT2D eigenvalue weighted by atomic mass is 35.5. The van der Waals surface area contributed by atoms with E-state index in [4.69, 9.17) is 11.6 Å². The van der Waals surface area contributed by atoms with Crippen LogP contribution in [0.15, 0.2) is 18.2 Å². The fourth-order valence-corrected chi connectivity index (χ4v) is 2.38. The largest absolute Gasteiger partial charge is 0.368 e. The Labute approximate surface area is 122 Å². The molecule has 2 nitrogen and oxygen atoms in total. The van der Waals surface area contributed by atoms with Crippen molar-refractivity contribution in [3.8, 4) is 0 Å². The molecule has 0 radical (unpaired) electrons. The summed E-state index contributed by atoms with van der Waals surface area (Å²) in [6, 6.07) is 7.15. The van der Waals surface area contributed by atoms with Gasteiger partial charge in [0, 0.05) is 25.2 Å². The van der Waals surface area contributed by atoms with Gasteiger partial charge < -0.3 is 10.2 Å². The Balaban J connectivity index is 2.09. The van der Waals surface area contributed by atoms with Crippen molar-refractivity contribution in [2.75, 3.05) is 11.9 Å². The van der Waals surface area contributed by atoms with E-state index in [1.807, 2.05) is 0 Å². The minimum atomic E-state index is 0.122. The summed E-state index contributed by atoms with van der Waals surface area (Å²) in [6.07, 6.45) is 3.73. The summed E-state index contributed by atoms with van der Waals surface area (Å²) in [5.74, 6) is 0. The van der Waals surface area contributed by atoms with E-state index in [-0.39, 0.29) is 5.54 Å². The lowest BCUT2D eigenvalue weighted by molar-refractivity contribution is 0.471. The van der Waals surface area contributed by atoms with Crippen LogP contribution in [0.2, 0.25) is 5.02 Å². The summed E-state index contributed by atoms with van der Waals surface area (Å²) < 4.78 is 0.